The maximum Gasteiger partial charge on any atom is 0.416 e. The van der Waals surface area contributed by atoms with Gasteiger partial charge in [-0.25, -0.2) is 9.07 Å². The van der Waals surface area contributed by atoms with Gasteiger partial charge in [0.2, 0.25) is 0 Å². The summed E-state index contributed by atoms with van der Waals surface area (Å²) < 4.78 is 55.1. The maximum atomic E-state index is 14.1. The van der Waals surface area contributed by atoms with E-state index in [-0.39, 0.29) is 5.82 Å². The molecule has 3 nitrogen and oxygen atoms in total. The third-order valence-corrected chi connectivity index (χ3v) is 4.95. The lowest BCUT2D eigenvalue weighted by molar-refractivity contribution is -0.137. The van der Waals surface area contributed by atoms with Gasteiger partial charge in [0.15, 0.2) is 0 Å². The Kier molecular flexibility index (Phi) is 4.83. The number of aromatic nitrogens is 2. The van der Waals surface area contributed by atoms with Crippen LogP contribution in [0.4, 0.5) is 23.4 Å². The third kappa shape index (κ3) is 3.61. The van der Waals surface area contributed by atoms with E-state index in [4.69, 9.17) is 0 Å². The van der Waals surface area contributed by atoms with Gasteiger partial charge < -0.3 is 5.32 Å². The Labute approximate surface area is 160 Å². The Morgan fingerprint density at radius 3 is 2.64 bits per heavy atom. The fourth-order valence-electron chi connectivity index (χ4n) is 3.54. The molecule has 0 spiro atoms. The summed E-state index contributed by atoms with van der Waals surface area (Å²) in [5.41, 5.74) is 1.76. The van der Waals surface area contributed by atoms with Gasteiger partial charge in [-0.15, -0.1) is 0 Å². The number of nitrogens with zero attached hydrogens (tertiary/aromatic N) is 2. The number of nitrogens with one attached hydrogen (secondary N) is 1. The molecule has 0 fully saturated rings. The quantitative estimate of drug-likeness (QED) is 0.611. The molecule has 0 bridgehead atoms. The Morgan fingerprint density at radius 2 is 1.86 bits per heavy atom. The minimum Gasteiger partial charge on any atom is -0.370 e. The van der Waals surface area contributed by atoms with Crippen LogP contribution in [-0.2, 0) is 19.0 Å². The van der Waals surface area contributed by atoms with Crippen molar-refractivity contribution in [3.05, 3.63) is 76.7 Å². The van der Waals surface area contributed by atoms with Crippen LogP contribution in [0.15, 0.2) is 48.5 Å². The van der Waals surface area contributed by atoms with Crippen LogP contribution in [0, 0.1) is 5.82 Å². The van der Waals surface area contributed by atoms with Crippen LogP contribution in [0.5, 0.6) is 0 Å². The van der Waals surface area contributed by atoms with Crippen LogP contribution in [0.2, 0.25) is 0 Å². The van der Waals surface area contributed by atoms with E-state index in [9.17, 15) is 17.6 Å². The number of fused-ring (bicyclic) bond motifs is 1. The predicted octanol–water partition coefficient (Wildman–Crippen LogP) is 5.37. The zero-order valence-electron chi connectivity index (χ0n) is 15.1. The SMILES string of the molecule is Fc1ccccc1Cc1nn(-c2cccc(C(F)(F)F)c2)c2c1CCCCN2. The van der Waals surface area contributed by atoms with Crippen molar-refractivity contribution in [2.45, 2.75) is 31.9 Å². The van der Waals surface area contributed by atoms with Gasteiger partial charge in [0, 0.05) is 18.5 Å². The highest BCUT2D eigenvalue weighted by atomic mass is 19.4. The van der Waals surface area contributed by atoms with Crippen molar-refractivity contribution in [3.63, 3.8) is 0 Å². The summed E-state index contributed by atoms with van der Waals surface area (Å²) in [4.78, 5) is 0. The van der Waals surface area contributed by atoms with E-state index in [1.165, 1.54) is 16.8 Å². The van der Waals surface area contributed by atoms with Gasteiger partial charge in [0.05, 0.1) is 16.9 Å². The molecule has 2 aromatic carbocycles. The van der Waals surface area contributed by atoms with Crippen molar-refractivity contribution in [1.29, 1.82) is 0 Å². The normalized spacial score (nSPS) is 14.3. The lowest BCUT2D eigenvalue weighted by Crippen LogP contribution is -2.09. The first-order valence-electron chi connectivity index (χ1n) is 9.19. The zero-order chi connectivity index (χ0) is 19.7. The van der Waals surface area contributed by atoms with Crippen LogP contribution < -0.4 is 5.32 Å². The van der Waals surface area contributed by atoms with Crippen molar-refractivity contribution < 1.29 is 17.6 Å². The van der Waals surface area contributed by atoms with Gasteiger partial charge >= 0.3 is 6.18 Å². The van der Waals surface area contributed by atoms with Gasteiger partial charge in [-0.1, -0.05) is 24.3 Å². The number of rotatable bonds is 3. The van der Waals surface area contributed by atoms with E-state index in [0.29, 0.717) is 29.2 Å². The van der Waals surface area contributed by atoms with Crippen molar-refractivity contribution in [3.8, 4) is 5.69 Å². The molecule has 0 aliphatic carbocycles. The first-order chi connectivity index (χ1) is 13.4. The van der Waals surface area contributed by atoms with E-state index < -0.39 is 11.7 Å². The van der Waals surface area contributed by atoms with Crippen molar-refractivity contribution in [2.75, 3.05) is 11.9 Å². The van der Waals surface area contributed by atoms with Crippen LogP contribution in [0.1, 0.15) is 35.2 Å². The molecule has 3 aromatic rings. The average molecular weight is 389 g/mol. The van der Waals surface area contributed by atoms with Crippen molar-refractivity contribution >= 4 is 5.82 Å². The lowest BCUT2D eigenvalue weighted by atomic mass is 10.0. The first kappa shape index (κ1) is 18.5. The van der Waals surface area contributed by atoms with Gasteiger partial charge in [-0.2, -0.15) is 18.3 Å². The van der Waals surface area contributed by atoms with Crippen LogP contribution in [0.25, 0.3) is 5.69 Å². The predicted molar refractivity (Wildman–Crippen MR) is 99.2 cm³/mol. The Hall–Kier alpha value is -2.83. The number of benzene rings is 2. The van der Waals surface area contributed by atoms with Gasteiger partial charge in [0.25, 0.3) is 0 Å². The molecular formula is C21H19F4N3. The molecule has 0 radical (unpaired) electrons. The number of hydrogen-bond donors (Lipinski definition) is 1. The molecule has 2 heterocycles. The topological polar surface area (TPSA) is 29.9 Å². The molecular weight excluding hydrogens is 370 g/mol. The van der Waals surface area contributed by atoms with E-state index in [1.807, 2.05) is 0 Å². The summed E-state index contributed by atoms with van der Waals surface area (Å²) in [7, 11) is 0. The average Bonchev–Trinajstić information content (AvgIpc) is 2.84. The highest BCUT2D eigenvalue weighted by Crippen LogP contribution is 2.33. The van der Waals surface area contributed by atoms with Crippen molar-refractivity contribution in [2.24, 2.45) is 0 Å². The van der Waals surface area contributed by atoms with E-state index in [1.54, 1.807) is 24.3 Å². The zero-order valence-corrected chi connectivity index (χ0v) is 15.1. The standard InChI is InChI=1S/C21H19F4N3/c22-18-10-2-1-6-14(18)12-19-17-9-3-4-11-26-20(17)28(27-19)16-8-5-7-15(13-16)21(23,24)25/h1-2,5-8,10,13,26H,3-4,9,11-12H2. The summed E-state index contributed by atoms with van der Waals surface area (Å²) >= 11 is 0. The molecule has 4 rings (SSSR count). The molecule has 1 aliphatic rings. The second-order valence-electron chi connectivity index (χ2n) is 6.89. The van der Waals surface area contributed by atoms with Crippen LogP contribution in [0.3, 0.4) is 0 Å². The molecule has 146 valence electrons. The molecule has 0 saturated heterocycles. The minimum absolute atomic E-state index is 0.294. The minimum atomic E-state index is -4.43. The van der Waals surface area contributed by atoms with Crippen LogP contribution >= 0.6 is 0 Å². The molecule has 0 saturated carbocycles. The van der Waals surface area contributed by atoms with Gasteiger partial charge in [-0.05, 0) is 49.1 Å². The van der Waals surface area contributed by atoms with Crippen LogP contribution in [-0.4, -0.2) is 16.3 Å². The number of alkyl halides is 3. The largest absolute Gasteiger partial charge is 0.416 e. The number of halogens is 4. The first-order valence-corrected chi connectivity index (χ1v) is 9.19. The van der Waals surface area contributed by atoms with E-state index in [0.717, 1.165) is 43.5 Å². The molecule has 0 amide bonds. The summed E-state index contributed by atoms with van der Waals surface area (Å²) in [6.45, 7) is 0.719. The monoisotopic (exact) mass is 389 g/mol. The summed E-state index contributed by atoms with van der Waals surface area (Å²) in [6, 6.07) is 11.6. The molecule has 0 unspecified atom stereocenters. The third-order valence-electron chi connectivity index (χ3n) is 4.95. The highest BCUT2D eigenvalue weighted by molar-refractivity contribution is 5.55. The molecule has 0 atom stereocenters. The Morgan fingerprint density at radius 1 is 1.04 bits per heavy atom. The second-order valence-corrected chi connectivity index (χ2v) is 6.89. The van der Waals surface area contributed by atoms with Gasteiger partial charge in [-0.3, -0.25) is 0 Å². The lowest BCUT2D eigenvalue weighted by Gasteiger charge is -2.12. The molecule has 28 heavy (non-hydrogen) atoms. The maximum absolute atomic E-state index is 14.1. The molecule has 7 heteroatoms. The van der Waals surface area contributed by atoms with E-state index >= 15 is 0 Å². The molecule has 1 aromatic heterocycles. The number of anilines is 1. The summed E-state index contributed by atoms with van der Waals surface area (Å²) in [5, 5.41) is 7.88. The molecule has 1 N–H and O–H groups in total. The van der Waals surface area contributed by atoms with E-state index in [2.05, 4.69) is 10.4 Å². The molecule has 1 aliphatic heterocycles. The summed E-state index contributed by atoms with van der Waals surface area (Å²) in [5.74, 6) is 0.384. The Balaban J connectivity index is 1.80. The number of hydrogen-bond acceptors (Lipinski definition) is 2. The smallest absolute Gasteiger partial charge is 0.370 e. The summed E-state index contributed by atoms with van der Waals surface area (Å²) in [6.07, 6.45) is -1.48. The Bertz CT molecular complexity index is 992. The fraction of sp³-hybridized carbons (Fsp3) is 0.286. The highest BCUT2D eigenvalue weighted by Gasteiger charge is 2.31. The van der Waals surface area contributed by atoms with Crippen molar-refractivity contribution in [1.82, 2.24) is 9.78 Å². The fourth-order valence-corrected chi connectivity index (χ4v) is 3.54. The second kappa shape index (κ2) is 7.30. The van der Waals surface area contributed by atoms with Gasteiger partial charge in [0.1, 0.15) is 11.6 Å².